The molecule has 234 valence electrons. The Labute approximate surface area is 285 Å². The van der Waals surface area contributed by atoms with Crippen LogP contribution in [0.1, 0.15) is 19.4 Å². The van der Waals surface area contributed by atoms with E-state index in [9.17, 15) is 0 Å². The fourth-order valence-corrected chi connectivity index (χ4v) is 8.57. The van der Waals surface area contributed by atoms with Gasteiger partial charge in [-0.1, -0.05) is 135 Å². The van der Waals surface area contributed by atoms with Crippen molar-refractivity contribution in [1.29, 1.82) is 0 Å². The minimum atomic E-state index is 0.0263. The van der Waals surface area contributed by atoms with E-state index in [1.807, 2.05) is 6.07 Å². The van der Waals surface area contributed by atoms with Crippen LogP contribution in [-0.2, 0) is 5.41 Å². The first-order valence-electron chi connectivity index (χ1n) is 17.1. The van der Waals surface area contributed by atoms with Gasteiger partial charge in [0, 0.05) is 60.8 Å². The molecule has 3 heteroatoms. The second-order valence-electron chi connectivity index (χ2n) is 13.9. The van der Waals surface area contributed by atoms with E-state index in [2.05, 4.69) is 170 Å². The summed E-state index contributed by atoms with van der Waals surface area (Å²) in [6, 6.07) is 48.0. The molecule has 3 heterocycles. The molecule has 2 unspecified atom stereocenters. The van der Waals surface area contributed by atoms with Crippen LogP contribution in [0.15, 0.2) is 162 Å². The molecule has 6 aromatic carbocycles. The van der Waals surface area contributed by atoms with E-state index in [1.165, 1.54) is 22.3 Å². The third-order valence-corrected chi connectivity index (χ3v) is 10.9. The number of para-hydroxylation sites is 3. The highest BCUT2D eigenvalue weighted by atomic mass is 16.3. The number of allylic oxidation sites excluding steroid dienone is 2. The van der Waals surface area contributed by atoms with Crippen LogP contribution in [0.2, 0.25) is 0 Å². The number of hydrogen-bond donors (Lipinski definition) is 0. The van der Waals surface area contributed by atoms with Crippen LogP contribution in [0, 0.1) is 5.92 Å². The zero-order valence-electron chi connectivity index (χ0n) is 27.5. The largest absolute Gasteiger partial charge is 0.456 e. The minimum Gasteiger partial charge on any atom is -0.456 e. The van der Waals surface area contributed by atoms with Crippen molar-refractivity contribution in [2.24, 2.45) is 5.92 Å². The Balaban J connectivity index is 1.19. The van der Waals surface area contributed by atoms with Crippen molar-refractivity contribution < 1.29 is 4.42 Å². The lowest BCUT2D eigenvalue weighted by Gasteiger charge is -2.50. The first-order valence-corrected chi connectivity index (χ1v) is 17.1. The average Bonchev–Trinajstić information content (AvgIpc) is 3.54. The number of fused-ring (bicyclic) bond motifs is 9. The van der Waals surface area contributed by atoms with Gasteiger partial charge in [-0.05, 0) is 47.5 Å². The summed E-state index contributed by atoms with van der Waals surface area (Å²) in [7, 11) is 0. The van der Waals surface area contributed by atoms with Crippen LogP contribution in [-0.4, -0.2) is 11.0 Å². The molecule has 3 nitrogen and oxygen atoms in total. The normalized spacial score (nSPS) is 18.0. The summed E-state index contributed by atoms with van der Waals surface area (Å²) in [4.78, 5) is 8.00. The smallest absolute Gasteiger partial charge is 0.136 e. The Hall–Kier alpha value is -5.93. The van der Waals surface area contributed by atoms with E-state index < -0.39 is 0 Å². The van der Waals surface area contributed by atoms with Crippen molar-refractivity contribution in [2.45, 2.75) is 25.3 Å². The predicted octanol–water partition coefficient (Wildman–Crippen LogP) is 12.2. The predicted molar refractivity (Wildman–Crippen MR) is 205 cm³/mol. The van der Waals surface area contributed by atoms with Crippen LogP contribution in [0.4, 0.5) is 11.4 Å². The van der Waals surface area contributed by atoms with Gasteiger partial charge in [-0.3, -0.25) is 0 Å². The molecule has 1 aliphatic heterocycles. The highest BCUT2D eigenvalue weighted by Gasteiger charge is 2.44. The average molecular weight is 631 g/mol. The quantitative estimate of drug-likeness (QED) is 0.182. The molecule has 0 bridgehead atoms. The standard InChI is InChI=1S/C46H34N2O/c1-46(2)36-18-7-9-20-38(36)48(39-21-10-8-19-37(39)46)31-25-23-29(24-26-31)32-16-12-17-34-42-35(44(47-45(32)34)30-13-4-3-5-14-30)27-28-41-43(42)33-15-6-11-22-40(33)49-41/h3-28,36,38H,1-2H3. The molecule has 8 aromatic rings. The van der Waals surface area contributed by atoms with Gasteiger partial charge in [-0.2, -0.15) is 0 Å². The van der Waals surface area contributed by atoms with Gasteiger partial charge in [0.15, 0.2) is 0 Å². The van der Waals surface area contributed by atoms with Gasteiger partial charge in [-0.15, -0.1) is 0 Å². The lowest BCUT2D eigenvalue weighted by atomic mass is 9.65. The maximum absolute atomic E-state index is 6.38. The lowest BCUT2D eigenvalue weighted by molar-refractivity contribution is 0.332. The molecule has 0 N–H and O–H groups in total. The van der Waals surface area contributed by atoms with Gasteiger partial charge < -0.3 is 9.32 Å². The number of furan rings is 1. The summed E-state index contributed by atoms with van der Waals surface area (Å²) in [5.41, 5.74) is 11.0. The number of pyridine rings is 1. The van der Waals surface area contributed by atoms with Crippen molar-refractivity contribution in [3.05, 3.63) is 163 Å². The molecule has 0 saturated heterocycles. The zero-order valence-corrected chi connectivity index (χ0v) is 27.5. The van der Waals surface area contributed by atoms with Crippen molar-refractivity contribution in [3.8, 4) is 22.4 Å². The molecule has 2 aliphatic rings. The fraction of sp³-hybridized carbons (Fsp3) is 0.109. The highest BCUT2D eigenvalue weighted by Crippen LogP contribution is 2.51. The summed E-state index contributed by atoms with van der Waals surface area (Å²) in [5.74, 6) is 0.370. The SMILES string of the molecule is CC1(C)c2ccccc2N(c2ccc(-c3cccc4c3nc(-c3ccccc3)c3ccc5oc6ccccc6c5c34)cc2)C2C=CC=CC21. The summed E-state index contributed by atoms with van der Waals surface area (Å²) in [5, 5.41) is 5.70. The van der Waals surface area contributed by atoms with Gasteiger partial charge in [0.1, 0.15) is 11.2 Å². The third kappa shape index (κ3) is 4.12. The topological polar surface area (TPSA) is 29.3 Å². The Kier molecular flexibility index (Phi) is 6.05. The molecular weight excluding hydrogens is 597 g/mol. The third-order valence-electron chi connectivity index (χ3n) is 10.9. The molecule has 0 amide bonds. The number of nitrogens with zero attached hydrogens (tertiary/aromatic N) is 2. The fourth-order valence-electron chi connectivity index (χ4n) is 8.57. The summed E-state index contributed by atoms with van der Waals surface area (Å²) < 4.78 is 6.38. The minimum absolute atomic E-state index is 0.0263. The molecule has 2 aromatic heterocycles. The molecule has 2 atom stereocenters. The molecule has 49 heavy (non-hydrogen) atoms. The van der Waals surface area contributed by atoms with Crippen LogP contribution >= 0.6 is 0 Å². The number of anilines is 2. The first kappa shape index (κ1) is 28.1. The molecule has 0 saturated carbocycles. The number of aromatic nitrogens is 1. The van der Waals surface area contributed by atoms with E-state index in [1.54, 1.807) is 0 Å². The Morgan fingerprint density at radius 3 is 2.22 bits per heavy atom. The first-order chi connectivity index (χ1) is 24.1. The Bertz CT molecular complexity index is 2640. The van der Waals surface area contributed by atoms with Crippen molar-refractivity contribution >= 4 is 55.0 Å². The maximum atomic E-state index is 6.38. The van der Waals surface area contributed by atoms with E-state index in [0.717, 1.165) is 60.6 Å². The van der Waals surface area contributed by atoms with Gasteiger partial charge in [0.25, 0.3) is 0 Å². The van der Waals surface area contributed by atoms with Crippen LogP contribution < -0.4 is 4.90 Å². The van der Waals surface area contributed by atoms with Gasteiger partial charge in [0.05, 0.1) is 17.3 Å². The summed E-state index contributed by atoms with van der Waals surface area (Å²) >= 11 is 0. The number of rotatable bonds is 3. The number of benzene rings is 6. The monoisotopic (exact) mass is 630 g/mol. The molecule has 0 spiro atoms. The zero-order chi connectivity index (χ0) is 32.7. The van der Waals surface area contributed by atoms with Crippen molar-refractivity contribution in [1.82, 2.24) is 4.98 Å². The second kappa shape index (κ2) is 10.5. The Morgan fingerprint density at radius 2 is 1.35 bits per heavy atom. The van der Waals surface area contributed by atoms with E-state index in [-0.39, 0.29) is 11.5 Å². The molecular formula is C46H34N2O. The van der Waals surface area contributed by atoms with E-state index in [4.69, 9.17) is 9.40 Å². The Morgan fingerprint density at radius 1 is 0.592 bits per heavy atom. The molecule has 1 aliphatic carbocycles. The van der Waals surface area contributed by atoms with Crippen molar-refractivity contribution in [2.75, 3.05) is 4.90 Å². The lowest BCUT2D eigenvalue weighted by Crippen LogP contribution is -2.49. The highest BCUT2D eigenvalue weighted by molar-refractivity contribution is 6.29. The molecule has 0 fully saturated rings. The summed E-state index contributed by atoms with van der Waals surface area (Å²) in [6.45, 7) is 4.77. The van der Waals surface area contributed by atoms with Gasteiger partial charge >= 0.3 is 0 Å². The maximum Gasteiger partial charge on any atom is 0.136 e. The molecule has 0 radical (unpaired) electrons. The van der Waals surface area contributed by atoms with Crippen LogP contribution in [0.3, 0.4) is 0 Å². The van der Waals surface area contributed by atoms with Crippen LogP contribution in [0.5, 0.6) is 0 Å². The second-order valence-corrected chi connectivity index (χ2v) is 13.9. The van der Waals surface area contributed by atoms with Crippen molar-refractivity contribution in [3.63, 3.8) is 0 Å². The van der Waals surface area contributed by atoms with Gasteiger partial charge in [-0.25, -0.2) is 4.98 Å². The summed E-state index contributed by atoms with van der Waals surface area (Å²) in [6.07, 6.45) is 9.16. The van der Waals surface area contributed by atoms with Gasteiger partial charge in [0.2, 0.25) is 0 Å². The van der Waals surface area contributed by atoms with E-state index in [0.29, 0.717) is 5.92 Å². The van der Waals surface area contributed by atoms with Crippen LogP contribution in [0.25, 0.3) is 66.0 Å². The number of hydrogen-bond acceptors (Lipinski definition) is 3. The van der Waals surface area contributed by atoms with E-state index >= 15 is 0 Å². The molecule has 10 rings (SSSR count).